The van der Waals surface area contributed by atoms with Crippen LogP contribution in [-0.4, -0.2) is 58.0 Å². The second-order valence-electron chi connectivity index (χ2n) is 6.94. The zero-order valence-electron chi connectivity index (χ0n) is 14.1. The molecular formula is C18H21FN2O4. The number of amides is 2. The smallest absolute Gasteiger partial charge is 0.343 e. The number of carbonyl (C=O) groups excluding carboxylic acids is 2. The zero-order valence-corrected chi connectivity index (χ0v) is 14.1. The fourth-order valence-electron chi connectivity index (χ4n) is 3.40. The molecule has 25 heavy (non-hydrogen) atoms. The van der Waals surface area contributed by atoms with Gasteiger partial charge in [0.15, 0.2) is 0 Å². The van der Waals surface area contributed by atoms with Crippen LogP contribution in [0.4, 0.5) is 4.39 Å². The van der Waals surface area contributed by atoms with Crippen molar-refractivity contribution in [1.29, 1.82) is 0 Å². The number of likely N-dealkylation sites (tertiary alicyclic amines) is 2. The number of rotatable bonds is 4. The van der Waals surface area contributed by atoms with Gasteiger partial charge in [-0.05, 0) is 12.5 Å². The third kappa shape index (κ3) is 3.50. The normalized spacial score (nSPS) is 26.3. The summed E-state index contributed by atoms with van der Waals surface area (Å²) in [5.41, 5.74) is -0.256. The van der Waals surface area contributed by atoms with E-state index in [0.29, 0.717) is 6.54 Å². The SMILES string of the molecule is Cc1ccc(CN2CC(C(=O)N3CCC(F)(C(=O)O)C3)CC2=O)cc1. The number of aliphatic carboxylic acids is 1. The lowest BCUT2D eigenvalue weighted by Crippen LogP contribution is -2.41. The first-order chi connectivity index (χ1) is 11.8. The van der Waals surface area contributed by atoms with Crippen LogP contribution in [-0.2, 0) is 20.9 Å². The van der Waals surface area contributed by atoms with Crippen LogP contribution in [0.5, 0.6) is 0 Å². The minimum absolute atomic E-state index is 0.0737. The highest BCUT2D eigenvalue weighted by Crippen LogP contribution is 2.29. The van der Waals surface area contributed by atoms with Gasteiger partial charge >= 0.3 is 5.97 Å². The van der Waals surface area contributed by atoms with Crippen LogP contribution in [0.25, 0.3) is 0 Å². The summed E-state index contributed by atoms with van der Waals surface area (Å²) in [6.07, 6.45) is -0.116. The Kier molecular flexibility index (Phi) is 4.49. The number of benzene rings is 1. The van der Waals surface area contributed by atoms with Crippen LogP contribution in [0, 0.1) is 12.8 Å². The van der Waals surface area contributed by atoms with E-state index >= 15 is 0 Å². The average Bonchev–Trinajstić information content (AvgIpc) is 3.14. The Labute approximate surface area is 145 Å². The van der Waals surface area contributed by atoms with Crippen LogP contribution in [0.15, 0.2) is 24.3 Å². The Hall–Kier alpha value is -2.44. The molecule has 0 spiro atoms. The van der Waals surface area contributed by atoms with E-state index in [1.165, 1.54) is 4.90 Å². The molecule has 1 N–H and O–H groups in total. The molecule has 2 atom stereocenters. The van der Waals surface area contributed by atoms with E-state index in [1.807, 2.05) is 31.2 Å². The van der Waals surface area contributed by atoms with Gasteiger partial charge in [-0.1, -0.05) is 29.8 Å². The molecule has 1 aromatic rings. The van der Waals surface area contributed by atoms with Crippen molar-refractivity contribution in [2.45, 2.75) is 32.0 Å². The molecule has 2 heterocycles. The molecule has 0 aliphatic carbocycles. The summed E-state index contributed by atoms with van der Waals surface area (Å²) >= 11 is 0. The average molecular weight is 348 g/mol. The van der Waals surface area contributed by atoms with Crippen molar-refractivity contribution in [1.82, 2.24) is 9.80 Å². The maximum atomic E-state index is 14.1. The monoisotopic (exact) mass is 348 g/mol. The van der Waals surface area contributed by atoms with E-state index in [2.05, 4.69) is 0 Å². The lowest BCUT2D eigenvalue weighted by molar-refractivity contribution is -0.150. The van der Waals surface area contributed by atoms with Gasteiger partial charge in [-0.2, -0.15) is 0 Å². The summed E-state index contributed by atoms with van der Waals surface area (Å²) in [5, 5.41) is 8.93. The second-order valence-corrected chi connectivity index (χ2v) is 6.94. The summed E-state index contributed by atoms with van der Waals surface area (Å²) in [6, 6.07) is 7.83. The molecule has 0 saturated carbocycles. The van der Waals surface area contributed by atoms with Gasteiger partial charge < -0.3 is 14.9 Å². The number of alkyl halides is 1. The molecule has 134 valence electrons. The summed E-state index contributed by atoms with van der Waals surface area (Å²) < 4.78 is 14.1. The lowest BCUT2D eigenvalue weighted by atomic mass is 10.1. The Balaban J connectivity index is 1.61. The number of carboxylic acids is 1. The highest BCUT2D eigenvalue weighted by atomic mass is 19.1. The molecule has 3 rings (SSSR count). The number of nitrogens with zero attached hydrogens (tertiary/aromatic N) is 2. The van der Waals surface area contributed by atoms with Gasteiger partial charge in [-0.15, -0.1) is 0 Å². The topological polar surface area (TPSA) is 77.9 Å². The van der Waals surface area contributed by atoms with Gasteiger partial charge in [0.25, 0.3) is 0 Å². The Morgan fingerprint density at radius 1 is 1.32 bits per heavy atom. The van der Waals surface area contributed by atoms with E-state index in [1.54, 1.807) is 4.90 Å². The van der Waals surface area contributed by atoms with Gasteiger partial charge in [0.1, 0.15) is 0 Å². The molecule has 1 aromatic carbocycles. The van der Waals surface area contributed by atoms with E-state index in [4.69, 9.17) is 5.11 Å². The fraction of sp³-hybridized carbons (Fsp3) is 0.500. The van der Waals surface area contributed by atoms with Crippen molar-refractivity contribution in [3.63, 3.8) is 0 Å². The predicted molar refractivity (Wildman–Crippen MR) is 87.4 cm³/mol. The van der Waals surface area contributed by atoms with Crippen molar-refractivity contribution >= 4 is 17.8 Å². The Morgan fingerprint density at radius 3 is 2.60 bits per heavy atom. The standard InChI is InChI=1S/C18H21FN2O4/c1-12-2-4-13(5-3-12)9-21-10-14(8-15(21)22)16(23)20-7-6-18(19,11-20)17(24)25/h2-5,14H,6-11H2,1H3,(H,24,25). The molecule has 7 heteroatoms. The minimum Gasteiger partial charge on any atom is -0.479 e. The fourth-order valence-corrected chi connectivity index (χ4v) is 3.40. The summed E-state index contributed by atoms with van der Waals surface area (Å²) in [7, 11) is 0. The van der Waals surface area contributed by atoms with Crippen molar-refractivity contribution in [2.24, 2.45) is 5.92 Å². The first kappa shape index (κ1) is 17.4. The van der Waals surface area contributed by atoms with Crippen LogP contribution in [0.3, 0.4) is 0 Å². The van der Waals surface area contributed by atoms with Crippen molar-refractivity contribution < 1.29 is 23.9 Å². The maximum absolute atomic E-state index is 14.1. The maximum Gasteiger partial charge on any atom is 0.343 e. The number of halogens is 1. The number of carbonyl (C=O) groups is 3. The van der Waals surface area contributed by atoms with E-state index in [-0.39, 0.29) is 37.7 Å². The molecule has 2 aliphatic rings. The molecule has 0 bridgehead atoms. The Bertz CT molecular complexity index is 706. The first-order valence-electron chi connectivity index (χ1n) is 8.33. The van der Waals surface area contributed by atoms with Crippen molar-refractivity contribution in [3.05, 3.63) is 35.4 Å². The quantitative estimate of drug-likeness (QED) is 0.891. The predicted octanol–water partition coefficient (Wildman–Crippen LogP) is 1.37. The van der Waals surface area contributed by atoms with Gasteiger partial charge in [-0.25, -0.2) is 9.18 Å². The third-order valence-corrected chi connectivity index (χ3v) is 4.97. The zero-order chi connectivity index (χ0) is 18.2. The highest BCUT2D eigenvalue weighted by molar-refractivity contribution is 5.90. The molecule has 2 amide bonds. The molecule has 0 aromatic heterocycles. The molecule has 0 radical (unpaired) electrons. The second kappa shape index (κ2) is 6.46. The van der Waals surface area contributed by atoms with Crippen LogP contribution >= 0.6 is 0 Å². The third-order valence-electron chi connectivity index (χ3n) is 4.97. The van der Waals surface area contributed by atoms with E-state index in [9.17, 15) is 18.8 Å². The molecule has 2 aliphatic heterocycles. The molecule has 6 nitrogen and oxygen atoms in total. The number of hydrogen-bond acceptors (Lipinski definition) is 3. The van der Waals surface area contributed by atoms with Gasteiger partial charge in [0, 0.05) is 32.5 Å². The number of hydrogen-bond donors (Lipinski definition) is 1. The molecule has 2 fully saturated rings. The summed E-state index contributed by atoms with van der Waals surface area (Å²) in [4.78, 5) is 38.6. The lowest BCUT2D eigenvalue weighted by Gasteiger charge is -2.21. The Morgan fingerprint density at radius 2 is 2.00 bits per heavy atom. The minimum atomic E-state index is -2.38. The van der Waals surface area contributed by atoms with Crippen LogP contribution < -0.4 is 0 Å². The largest absolute Gasteiger partial charge is 0.479 e. The molecule has 2 saturated heterocycles. The van der Waals surface area contributed by atoms with Crippen LogP contribution in [0.2, 0.25) is 0 Å². The van der Waals surface area contributed by atoms with Gasteiger partial charge in [0.2, 0.25) is 17.5 Å². The van der Waals surface area contributed by atoms with Crippen LogP contribution in [0.1, 0.15) is 24.0 Å². The highest BCUT2D eigenvalue weighted by Gasteiger charge is 2.48. The van der Waals surface area contributed by atoms with Gasteiger partial charge in [-0.3, -0.25) is 9.59 Å². The number of aryl methyl sites for hydroxylation is 1. The molecule has 2 unspecified atom stereocenters. The van der Waals surface area contributed by atoms with Crippen molar-refractivity contribution in [3.8, 4) is 0 Å². The van der Waals surface area contributed by atoms with Crippen molar-refractivity contribution in [2.75, 3.05) is 19.6 Å². The number of carboxylic acid groups (broad SMARTS) is 1. The van der Waals surface area contributed by atoms with Gasteiger partial charge in [0.05, 0.1) is 12.5 Å². The summed E-state index contributed by atoms with van der Waals surface area (Å²) in [5.74, 6) is -2.51. The molecular weight excluding hydrogens is 327 g/mol. The van der Waals surface area contributed by atoms with E-state index in [0.717, 1.165) is 11.1 Å². The van der Waals surface area contributed by atoms with E-state index < -0.39 is 24.1 Å². The first-order valence-corrected chi connectivity index (χ1v) is 8.33. The summed E-state index contributed by atoms with van der Waals surface area (Å²) in [6.45, 7) is 2.34.